The van der Waals surface area contributed by atoms with E-state index in [-0.39, 0.29) is 11.2 Å². The standard InChI is InChI=1S/C17H17Cl2NOS/c1-11-6-7-15(19)9-16(11)20-17(21)12(2)22-10-13-4-3-5-14(18)8-13/h3-9,12H,10H2,1-2H3,(H,20,21). The lowest BCUT2D eigenvalue weighted by molar-refractivity contribution is -0.115. The third-order valence-corrected chi connectivity index (χ3v) is 4.90. The Balaban J connectivity index is 1.93. The molecule has 0 aliphatic rings. The first-order chi connectivity index (χ1) is 10.5. The van der Waals surface area contributed by atoms with E-state index in [1.54, 1.807) is 17.8 Å². The first kappa shape index (κ1) is 17.2. The van der Waals surface area contributed by atoms with Crippen LogP contribution in [0.25, 0.3) is 0 Å². The molecule has 2 rings (SSSR count). The van der Waals surface area contributed by atoms with Crippen molar-refractivity contribution in [2.45, 2.75) is 24.9 Å². The quantitative estimate of drug-likeness (QED) is 0.761. The number of carbonyl (C=O) groups excluding carboxylic acids is 1. The van der Waals surface area contributed by atoms with Gasteiger partial charge in [0.1, 0.15) is 0 Å². The predicted octanol–water partition coefficient (Wildman–Crippen LogP) is 5.56. The fraction of sp³-hybridized carbons (Fsp3) is 0.235. The van der Waals surface area contributed by atoms with Gasteiger partial charge in [0.15, 0.2) is 0 Å². The number of hydrogen-bond acceptors (Lipinski definition) is 2. The van der Waals surface area contributed by atoms with E-state index in [1.807, 2.05) is 50.2 Å². The van der Waals surface area contributed by atoms with E-state index in [4.69, 9.17) is 23.2 Å². The zero-order valence-electron chi connectivity index (χ0n) is 12.4. The van der Waals surface area contributed by atoms with Crippen LogP contribution in [0.5, 0.6) is 0 Å². The fourth-order valence-electron chi connectivity index (χ4n) is 1.89. The van der Waals surface area contributed by atoms with Crippen molar-refractivity contribution < 1.29 is 4.79 Å². The van der Waals surface area contributed by atoms with Crippen LogP contribution >= 0.6 is 35.0 Å². The molecule has 1 amide bonds. The van der Waals surface area contributed by atoms with Crippen molar-refractivity contribution in [3.63, 3.8) is 0 Å². The first-order valence-electron chi connectivity index (χ1n) is 6.89. The zero-order valence-corrected chi connectivity index (χ0v) is 14.7. The van der Waals surface area contributed by atoms with Crippen LogP contribution in [-0.2, 0) is 10.5 Å². The summed E-state index contributed by atoms with van der Waals surface area (Å²) in [4.78, 5) is 12.3. The van der Waals surface area contributed by atoms with Crippen LogP contribution < -0.4 is 5.32 Å². The molecule has 0 spiro atoms. The highest BCUT2D eigenvalue weighted by molar-refractivity contribution is 7.99. The second-order valence-electron chi connectivity index (χ2n) is 5.03. The maximum absolute atomic E-state index is 12.3. The molecule has 1 atom stereocenters. The highest BCUT2D eigenvalue weighted by Crippen LogP contribution is 2.24. The molecule has 0 aliphatic carbocycles. The van der Waals surface area contributed by atoms with E-state index in [0.29, 0.717) is 10.0 Å². The average molecular weight is 354 g/mol. The number of aryl methyl sites for hydroxylation is 1. The molecule has 0 radical (unpaired) electrons. The molecule has 0 bridgehead atoms. The minimum Gasteiger partial charge on any atom is -0.325 e. The van der Waals surface area contributed by atoms with Gasteiger partial charge in [-0.05, 0) is 49.2 Å². The Labute approximate surface area is 145 Å². The number of benzene rings is 2. The Morgan fingerprint density at radius 1 is 1.18 bits per heavy atom. The van der Waals surface area contributed by atoms with E-state index in [1.165, 1.54) is 0 Å². The fourth-order valence-corrected chi connectivity index (χ4v) is 3.10. The van der Waals surface area contributed by atoms with Crippen LogP contribution in [0.15, 0.2) is 42.5 Å². The molecule has 0 fully saturated rings. The van der Waals surface area contributed by atoms with Crippen LogP contribution in [0.2, 0.25) is 10.0 Å². The van der Waals surface area contributed by atoms with Crippen LogP contribution in [0, 0.1) is 6.92 Å². The summed E-state index contributed by atoms with van der Waals surface area (Å²) in [5, 5.41) is 4.08. The number of halogens is 2. The van der Waals surface area contributed by atoms with Crippen LogP contribution in [0.1, 0.15) is 18.1 Å². The van der Waals surface area contributed by atoms with Crippen LogP contribution in [0.4, 0.5) is 5.69 Å². The van der Waals surface area contributed by atoms with Gasteiger partial charge in [-0.1, -0.05) is 41.4 Å². The second kappa shape index (κ2) is 7.91. The third-order valence-electron chi connectivity index (χ3n) is 3.22. The van der Waals surface area contributed by atoms with Crippen molar-refractivity contribution in [2.75, 3.05) is 5.32 Å². The summed E-state index contributed by atoms with van der Waals surface area (Å²) in [5.74, 6) is 0.710. The molecule has 0 heterocycles. The van der Waals surface area contributed by atoms with Crippen molar-refractivity contribution in [1.82, 2.24) is 0 Å². The van der Waals surface area contributed by atoms with Crippen LogP contribution in [-0.4, -0.2) is 11.2 Å². The molecule has 5 heteroatoms. The van der Waals surface area contributed by atoms with E-state index >= 15 is 0 Å². The van der Waals surface area contributed by atoms with Gasteiger partial charge in [0.05, 0.1) is 5.25 Å². The molecular weight excluding hydrogens is 337 g/mol. The molecule has 0 aromatic heterocycles. The van der Waals surface area contributed by atoms with Crippen molar-refractivity contribution in [3.8, 4) is 0 Å². The highest BCUT2D eigenvalue weighted by Gasteiger charge is 2.14. The second-order valence-corrected chi connectivity index (χ2v) is 7.23. The van der Waals surface area contributed by atoms with Gasteiger partial charge in [-0.3, -0.25) is 4.79 Å². The van der Waals surface area contributed by atoms with Gasteiger partial charge in [0.25, 0.3) is 0 Å². The maximum atomic E-state index is 12.3. The van der Waals surface area contributed by atoms with Gasteiger partial charge in [0, 0.05) is 21.5 Å². The monoisotopic (exact) mass is 353 g/mol. The van der Waals surface area contributed by atoms with E-state index in [0.717, 1.165) is 22.6 Å². The number of carbonyl (C=O) groups is 1. The summed E-state index contributed by atoms with van der Waals surface area (Å²) < 4.78 is 0. The summed E-state index contributed by atoms with van der Waals surface area (Å²) in [6.45, 7) is 3.83. The lowest BCUT2D eigenvalue weighted by atomic mass is 10.2. The molecule has 2 aromatic rings. The van der Waals surface area contributed by atoms with Gasteiger partial charge in [-0.25, -0.2) is 0 Å². The summed E-state index contributed by atoms with van der Waals surface area (Å²) in [5.41, 5.74) is 2.86. The van der Waals surface area contributed by atoms with Gasteiger partial charge in [0.2, 0.25) is 5.91 Å². The molecule has 116 valence electrons. The van der Waals surface area contributed by atoms with Gasteiger partial charge >= 0.3 is 0 Å². The Hall–Kier alpha value is -1.16. The van der Waals surface area contributed by atoms with Crippen molar-refractivity contribution in [3.05, 3.63) is 63.6 Å². The minimum absolute atomic E-state index is 0.0302. The lowest BCUT2D eigenvalue weighted by Gasteiger charge is -2.14. The molecule has 2 aromatic carbocycles. The molecule has 0 aliphatic heterocycles. The Morgan fingerprint density at radius 2 is 1.91 bits per heavy atom. The largest absolute Gasteiger partial charge is 0.325 e. The molecule has 0 saturated carbocycles. The van der Waals surface area contributed by atoms with Gasteiger partial charge < -0.3 is 5.32 Å². The normalized spacial score (nSPS) is 12.0. The van der Waals surface area contributed by atoms with Gasteiger partial charge in [-0.15, -0.1) is 11.8 Å². The average Bonchev–Trinajstić information content (AvgIpc) is 2.48. The smallest absolute Gasteiger partial charge is 0.237 e. The Morgan fingerprint density at radius 3 is 2.64 bits per heavy atom. The Kier molecular flexibility index (Phi) is 6.18. The number of nitrogens with one attached hydrogen (secondary N) is 1. The minimum atomic E-state index is -0.169. The molecular formula is C17H17Cl2NOS. The predicted molar refractivity (Wildman–Crippen MR) is 97.0 cm³/mol. The Bertz CT molecular complexity index is 675. The summed E-state index contributed by atoms with van der Waals surface area (Å²) in [6, 6.07) is 13.1. The zero-order chi connectivity index (χ0) is 16.1. The van der Waals surface area contributed by atoms with Crippen molar-refractivity contribution in [2.24, 2.45) is 0 Å². The summed E-state index contributed by atoms with van der Waals surface area (Å²) in [6.07, 6.45) is 0. The topological polar surface area (TPSA) is 29.1 Å². The van der Waals surface area contributed by atoms with E-state index < -0.39 is 0 Å². The number of rotatable bonds is 5. The van der Waals surface area contributed by atoms with Crippen LogP contribution in [0.3, 0.4) is 0 Å². The molecule has 1 unspecified atom stereocenters. The molecule has 2 nitrogen and oxygen atoms in total. The molecule has 1 N–H and O–H groups in total. The molecule has 22 heavy (non-hydrogen) atoms. The number of anilines is 1. The number of amides is 1. The van der Waals surface area contributed by atoms with Crippen molar-refractivity contribution in [1.29, 1.82) is 0 Å². The maximum Gasteiger partial charge on any atom is 0.237 e. The lowest BCUT2D eigenvalue weighted by Crippen LogP contribution is -2.23. The summed E-state index contributed by atoms with van der Waals surface area (Å²) in [7, 11) is 0. The number of thioether (sulfide) groups is 1. The van der Waals surface area contributed by atoms with E-state index in [2.05, 4.69) is 5.32 Å². The SMILES string of the molecule is Cc1ccc(Cl)cc1NC(=O)C(C)SCc1cccc(Cl)c1. The summed E-state index contributed by atoms with van der Waals surface area (Å²) >= 11 is 13.5. The number of hydrogen-bond donors (Lipinski definition) is 1. The third kappa shape index (κ3) is 4.94. The molecule has 0 saturated heterocycles. The first-order valence-corrected chi connectivity index (χ1v) is 8.69. The highest BCUT2D eigenvalue weighted by atomic mass is 35.5. The van der Waals surface area contributed by atoms with Crippen molar-refractivity contribution >= 4 is 46.6 Å². The van der Waals surface area contributed by atoms with Gasteiger partial charge in [-0.2, -0.15) is 0 Å². The van der Waals surface area contributed by atoms with E-state index in [9.17, 15) is 4.79 Å².